The van der Waals surface area contributed by atoms with Crippen molar-refractivity contribution < 1.29 is 71.1 Å². The predicted octanol–water partition coefficient (Wildman–Crippen LogP) is 8.81. The maximum absolute atomic E-state index is 14.6. The van der Waals surface area contributed by atoms with Crippen LogP contribution in [0.4, 0.5) is 8.78 Å². The van der Waals surface area contributed by atoms with E-state index in [1.165, 1.54) is 37.1 Å². The first-order valence-corrected chi connectivity index (χ1v) is 23.6. The standard InChI is InChI=1S/C25H24ClFN2O6.C15H21FN2O3.C10H5ClO4.3CH4/c26-16-3-4-19-14(9-16)11-20(35-19)23(31)25(32)28-18(13-29-5-1-2-6-29)22(30)15-10-17(27)24-21(12-15)33-7-8-34-24;16-11-7-10(8-13-15(11)21-6-5-20-13)14(19)12(17)9-18-3-1-2-4-18;11-6-1-2-7-5(3-6)4-8(15-7)9(12)10(13)14;;;/h3-4,9-12,18,22,30H,1-2,5-8,13H2,(H,28,32);7-8,12,14,19H,1-6,9,17H2;1-4H,(H,13,14);3*1H4/t18-,22-;12-,14-;;;;/m11..../s1. The largest absolute Gasteiger partial charge is 0.486 e. The van der Waals surface area contributed by atoms with E-state index in [0.717, 1.165) is 45.1 Å². The Morgan fingerprint density at radius 3 is 1.51 bits per heavy atom. The molecule has 400 valence electrons. The number of likely N-dealkylation sites (tertiary alicyclic amines) is 2. The molecule has 0 bridgehead atoms. The fourth-order valence-corrected chi connectivity index (χ4v) is 8.98. The monoisotopic (exact) mass is 1070 g/mol. The molecule has 0 spiro atoms. The van der Waals surface area contributed by atoms with Crippen LogP contribution in [0.15, 0.2) is 81.6 Å². The van der Waals surface area contributed by atoms with Gasteiger partial charge in [0.25, 0.3) is 11.7 Å². The maximum atomic E-state index is 14.6. The van der Waals surface area contributed by atoms with Gasteiger partial charge in [-0.3, -0.25) is 14.4 Å². The molecule has 2 saturated heterocycles. The van der Waals surface area contributed by atoms with Crippen molar-refractivity contribution in [1.82, 2.24) is 15.1 Å². The number of nitrogens with two attached hydrogens (primary N) is 1. The number of aliphatic hydroxyl groups excluding tert-OH is 2. The van der Waals surface area contributed by atoms with Crippen LogP contribution in [0.5, 0.6) is 23.0 Å². The Bertz CT molecular complexity index is 2920. The molecule has 6 N–H and O–H groups in total. The maximum Gasteiger partial charge on any atom is 0.380 e. The first-order chi connectivity index (χ1) is 34.1. The minimum Gasteiger partial charge on any atom is -0.486 e. The lowest BCUT2D eigenvalue weighted by molar-refractivity contribution is -0.132. The molecule has 4 aromatic carbocycles. The highest BCUT2D eigenvalue weighted by molar-refractivity contribution is 6.42. The lowest BCUT2D eigenvalue weighted by atomic mass is 10.00. The normalized spacial score (nSPS) is 16.4. The Labute approximate surface area is 437 Å². The number of amides is 1. The van der Waals surface area contributed by atoms with Crippen molar-refractivity contribution >= 4 is 68.6 Å². The highest BCUT2D eigenvalue weighted by atomic mass is 35.5. The summed E-state index contributed by atoms with van der Waals surface area (Å²) in [6.07, 6.45) is 2.11. The second-order valence-corrected chi connectivity index (χ2v) is 18.1. The summed E-state index contributed by atoms with van der Waals surface area (Å²) in [5.74, 6) is -5.31. The molecule has 74 heavy (non-hydrogen) atoms. The topological polar surface area (TPSA) is 237 Å². The zero-order valence-electron chi connectivity index (χ0n) is 38.0. The van der Waals surface area contributed by atoms with E-state index >= 15 is 0 Å². The van der Waals surface area contributed by atoms with E-state index in [-0.39, 0.29) is 76.4 Å². The smallest absolute Gasteiger partial charge is 0.380 e. The number of aliphatic hydroxyl groups is 2. The van der Waals surface area contributed by atoms with Crippen molar-refractivity contribution in [3.63, 3.8) is 0 Å². The van der Waals surface area contributed by atoms with Gasteiger partial charge in [0.05, 0.1) is 12.1 Å². The number of carboxylic acid groups (broad SMARTS) is 1. The van der Waals surface area contributed by atoms with Crippen LogP contribution in [-0.2, 0) is 9.59 Å². The van der Waals surface area contributed by atoms with Crippen molar-refractivity contribution in [2.75, 3.05) is 65.7 Å². The van der Waals surface area contributed by atoms with E-state index in [2.05, 4.69) is 15.1 Å². The number of carboxylic acids is 1. The molecule has 0 aliphatic carbocycles. The number of furan rings is 2. The summed E-state index contributed by atoms with van der Waals surface area (Å²) >= 11 is 11.7. The number of fused-ring (bicyclic) bond motifs is 4. The number of carbonyl (C=O) groups is 4. The van der Waals surface area contributed by atoms with Crippen molar-refractivity contribution in [1.29, 1.82) is 0 Å². The number of rotatable bonds is 13. The van der Waals surface area contributed by atoms with Crippen LogP contribution < -0.4 is 30.0 Å². The van der Waals surface area contributed by atoms with E-state index in [4.69, 9.17) is 61.8 Å². The summed E-state index contributed by atoms with van der Waals surface area (Å²) in [5.41, 5.74) is 7.57. The first kappa shape index (κ1) is 58.6. The van der Waals surface area contributed by atoms with E-state index < -0.39 is 59.4 Å². The summed E-state index contributed by atoms with van der Waals surface area (Å²) in [6, 6.07) is 16.7. The van der Waals surface area contributed by atoms with Crippen molar-refractivity contribution in [2.45, 2.75) is 72.3 Å². The van der Waals surface area contributed by atoms with Crippen LogP contribution in [0.1, 0.15) is 92.4 Å². The number of halogens is 4. The van der Waals surface area contributed by atoms with Gasteiger partial charge in [0, 0.05) is 39.9 Å². The molecule has 4 aliphatic heterocycles. The Morgan fingerprint density at radius 1 is 0.608 bits per heavy atom. The van der Waals surface area contributed by atoms with Crippen molar-refractivity contribution in [3.8, 4) is 23.0 Å². The Kier molecular flexibility index (Phi) is 20.8. The number of ketones is 2. The van der Waals surface area contributed by atoms with Crippen LogP contribution in [0, 0.1) is 11.6 Å². The minimum atomic E-state index is -1.54. The molecule has 2 aromatic heterocycles. The summed E-state index contributed by atoms with van der Waals surface area (Å²) in [5, 5.41) is 34.8. The SMILES string of the molecule is C.C.C.N[C@H](CN1CCCC1)[C@H](O)c1cc(F)c2c(c1)OCCO2.O=C(N[C@H](CN1CCCC1)[C@H](O)c1cc(F)c2c(c1)OCCO2)C(=O)c1cc2cc(Cl)ccc2o1.O=C(O)C(=O)c1cc2cc(Cl)ccc2o1. The van der Waals surface area contributed by atoms with Gasteiger partial charge in [0.2, 0.25) is 0 Å². The number of benzene rings is 4. The Morgan fingerprint density at radius 2 is 1.04 bits per heavy atom. The molecule has 0 unspecified atom stereocenters. The van der Waals surface area contributed by atoms with Crippen LogP contribution >= 0.6 is 23.2 Å². The number of aliphatic carboxylic acids is 1. The van der Waals surface area contributed by atoms with Gasteiger partial charge in [-0.1, -0.05) is 45.5 Å². The van der Waals surface area contributed by atoms with Crippen molar-refractivity contribution in [3.05, 3.63) is 117 Å². The molecule has 10 rings (SSSR count). The Balaban J connectivity index is 0.000000222. The summed E-state index contributed by atoms with van der Waals surface area (Å²) in [7, 11) is 0. The number of nitrogens with one attached hydrogen (secondary N) is 1. The number of hydrogen-bond acceptors (Lipinski definition) is 15. The van der Waals surface area contributed by atoms with Gasteiger partial charge in [-0.15, -0.1) is 0 Å². The Hall–Kier alpha value is -6.32. The van der Waals surface area contributed by atoms with Gasteiger partial charge in [0.1, 0.15) is 43.7 Å². The third kappa shape index (κ3) is 14.1. The number of nitrogens with zero attached hydrogens (tertiary/aromatic N) is 2. The lowest BCUT2D eigenvalue weighted by Gasteiger charge is -2.29. The quantitative estimate of drug-likeness (QED) is 0.0537. The van der Waals surface area contributed by atoms with E-state index in [1.807, 2.05) is 0 Å². The predicted molar refractivity (Wildman–Crippen MR) is 275 cm³/mol. The fourth-order valence-electron chi connectivity index (χ4n) is 8.62. The van der Waals surface area contributed by atoms with Crippen LogP contribution in [0.3, 0.4) is 0 Å². The van der Waals surface area contributed by atoms with Gasteiger partial charge in [0.15, 0.2) is 46.2 Å². The second kappa shape index (κ2) is 26.3. The van der Waals surface area contributed by atoms with Crippen LogP contribution in [0.2, 0.25) is 10.0 Å². The molecular weight excluding hydrogens is 1010 g/mol. The van der Waals surface area contributed by atoms with E-state index in [1.54, 1.807) is 42.5 Å². The lowest BCUT2D eigenvalue weighted by Crippen LogP contribution is -2.48. The minimum absolute atomic E-state index is 0. The zero-order chi connectivity index (χ0) is 50.3. The number of hydrogen-bond donors (Lipinski definition) is 5. The highest BCUT2D eigenvalue weighted by Gasteiger charge is 2.32. The molecule has 0 saturated carbocycles. The number of Topliss-reactive ketones (excluding diaryl/α,β-unsaturated/α-hetero) is 2. The third-order valence-corrected chi connectivity index (χ3v) is 12.6. The van der Waals surface area contributed by atoms with Crippen molar-refractivity contribution in [2.24, 2.45) is 5.73 Å². The number of carbonyl (C=O) groups excluding carboxylic acids is 3. The zero-order valence-corrected chi connectivity index (χ0v) is 39.6. The van der Waals surface area contributed by atoms with Gasteiger partial charge >= 0.3 is 11.8 Å². The molecule has 2 fully saturated rings. The molecule has 4 atom stereocenters. The average molecular weight is 1070 g/mol. The first-order valence-electron chi connectivity index (χ1n) is 22.9. The summed E-state index contributed by atoms with van der Waals surface area (Å²) in [4.78, 5) is 51.5. The van der Waals surface area contributed by atoms with Gasteiger partial charge in [-0.05, 0) is 136 Å². The molecule has 21 heteroatoms. The molecule has 6 heterocycles. The number of ether oxygens (including phenoxy) is 4. The summed E-state index contributed by atoms with van der Waals surface area (Å²) < 4.78 is 60.6. The summed E-state index contributed by atoms with van der Waals surface area (Å²) in [6.45, 7) is 5.72. The average Bonchev–Trinajstić information content (AvgIpc) is 4.22. The molecular formula is C53H62Cl2F2N4O13. The highest BCUT2D eigenvalue weighted by Crippen LogP contribution is 2.38. The molecule has 1 amide bonds. The second-order valence-electron chi connectivity index (χ2n) is 17.3. The van der Waals surface area contributed by atoms with E-state index in [0.29, 0.717) is 63.1 Å². The molecule has 17 nitrogen and oxygen atoms in total. The van der Waals surface area contributed by atoms with Gasteiger partial charge < -0.3 is 64.0 Å². The van der Waals surface area contributed by atoms with Gasteiger partial charge in [-0.25, -0.2) is 13.6 Å². The van der Waals surface area contributed by atoms with Gasteiger partial charge in [-0.2, -0.15) is 0 Å². The molecule has 0 radical (unpaired) electrons. The third-order valence-electron chi connectivity index (χ3n) is 12.2. The van der Waals surface area contributed by atoms with E-state index in [9.17, 15) is 38.2 Å². The molecule has 6 aromatic rings. The van der Waals surface area contributed by atoms with Crippen LogP contribution in [-0.4, -0.2) is 126 Å². The fraction of sp³-hybridized carbons (Fsp3) is 0.396. The van der Waals surface area contributed by atoms with Crippen LogP contribution in [0.25, 0.3) is 21.9 Å². The molecule has 4 aliphatic rings.